The second kappa shape index (κ2) is 6.40. The standard InChI is InChI=1S/C17H15ClN2O3/c1-11(12-6-5-9-19-10-12)20(13-7-3-2-4-8-13)15-14(18)16(21)23-17(15)22/h2-11,17,22H,1H3. The zero-order valence-corrected chi connectivity index (χ0v) is 13.1. The number of halogens is 1. The van der Waals surface area contributed by atoms with Crippen molar-refractivity contribution < 1.29 is 14.6 Å². The Bertz CT molecular complexity index is 734. The van der Waals surface area contributed by atoms with Gasteiger partial charge in [0.1, 0.15) is 5.70 Å². The van der Waals surface area contributed by atoms with E-state index in [1.54, 1.807) is 17.3 Å². The molecule has 1 aromatic carbocycles. The van der Waals surface area contributed by atoms with Crippen molar-refractivity contribution in [3.05, 3.63) is 71.2 Å². The van der Waals surface area contributed by atoms with Crippen LogP contribution >= 0.6 is 11.6 Å². The summed E-state index contributed by atoms with van der Waals surface area (Å²) in [6.45, 7) is 1.94. The summed E-state index contributed by atoms with van der Waals surface area (Å²) in [5, 5.41) is 10.0. The van der Waals surface area contributed by atoms with Crippen LogP contribution in [0.25, 0.3) is 0 Å². The van der Waals surface area contributed by atoms with Crippen LogP contribution in [0.3, 0.4) is 0 Å². The van der Waals surface area contributed by atoms with Crippen LogP contribution in [-0.2, 0) is 9.53 Å². The van der Waals surface area contributed by atoms with Crippen molar-refractivity contribution in [3.8, 4) is 0 Å². The van der Waals surface area contributed by atoms with Crippen LogP contribution in [0.5, 0.6) is 0 Å². The molecule has 118 valence electrons. The van der Waals surface area contributed by atoms with E-state index in [0.717, 1.165) is 11.3 Å². The van der Waals surface area contributed by atoms with E-state index in [1.807, 2.05) is 49.4 Å². The summed E-state index contributed by atoms with van der Waals surface area (Å²) < 4.78 is 4.83. The van der Waals surface area contributed by atoms with Crippen molar-refractivity contribution in [1.29, 1.82) is 0 Å². The normalized spacial score (nSPS) is 18.7. The fraction of sp³-hybridized carbons (Fsp3) is 0.176. The molecule has 2 unspecified atom stereocenters. The van der Waals surface area contributed by atoms with Crippen LogP contribution in [0.15, 0.2) is 65.6 Å². The molecule has 0 bridgehead atoms. The molecule has 6 heteroatoms. The molecule has 0 amide bonds. The molecule has 0 spiro atoms. The van der Waals surface area contributed by atoms with E-state index in [1.165, 1.54) is 0 Å². The lowest BCUT2D eigenvalue weighted by Crippen LogP contribution is -2.31. The Morgan fingerprint density at radius 2 is 2.00 bits per heavy atom. The van der Waals surface area contributed by atoms with Gasteiger partial charge in [0.15, 0.2) is 5.03 Å². The number of para-hydroxylation sites is 1. The number of hydrogen-bond donors (Lipinski definition) is 1. The highest BCUT2D eigenvalue weighted by molar-refractivity contribution is 6.42. The Hall–Kier alpha value is -2.37. The van der Waals surface area contributed by atoms with Crippen LogP contribution in [0.2, 0.25) is 0 Å². The second-order valence-corrected chi connectivity index (χ2v) is 5.50. The molecule has 2 atom stereocenters. The second-order valence-electron chi connectivity index (χ2n) is 5.12. The van der Waals surface area contributed by atoms with E-state index in [4.69, 9.17) is 16.3 Å². The number of carbonyl (C=O) groups is 1. The summed E-state index contributed by atoms with van der Waals surface area (Å²) in [4.78, 5) is 17.6. The fourth-order valence-corrected chi connectivity index (χ4v) is 2.81. The first-order valence-corrected chi connectivity index (χ1v) is 7.50. The Balaban J connectivity index is 2.11. The van der Waals surface area contributed by atoms with Crippen molar-refractivity contribution in [2.45, 2.75) is 19.3 Å². The number of aliphatic hydroxyl groups excluding tert-OH is 1. The molecule has 2 heterocycles. The highest BCUT2D eigenvalue weighted by atomic mass is 35.5. The molecule has 1 N–H and O–H groups in total. The van der Waals surface area contributed by atoms with Gasteiger partial charge in [-0.25, -0.2) is 4.79 Å². The first kappa shape index (κ1) is 15.5. The first-order chi connectivity index (χ1) is 11.1. The largest absolute Gasteiger partial charge is 0.425 e. The van der Waals surface area contributed by atoms with Crippen LogP contribution in [0.4, 0.5) is 5.69 Å². The van der Waals surface area contributed by atoms with Crippen molar-refractivity contribution in [2.24, 2.45) is 0 Å². The van der Waals surface area contributed by atoms with Gasteiger partial charge in [0, 0.05) is 18.1 Å². The minimum absolute atomic E-state index is 0.114. The molecule has 1 aromatic heterocycles. The van der Waals surface area contributed by atoms with E-state index in [0.29, 0.717) is 0 Å². The molecule has 0 saturated carbocycles. The van der Waals surface area contributed by atoms with Crippen molar-refractivity contribution in [1.82, 2.24) is 4.98 Å². The molecule has 0 radical (unpaired) electrons. The molecule has 5 nitrogen and oxygen atoms in total. The highest BCUT2D eigenvalue weighted by Gasteiger charge is 2.38. The average molecular weight is 331 g/mol. The van der Waals surface area contributed by atoms with Gasteiger partial charge < -0.3 is 14.7 Å². The Labute approximate surface area is 138 Å². The Morgan fingerprint density at radius 1 is 1.26 bits per heavy atom. The molecule has 0 fully saturated rings. The number of aromatic nitrogens is 1. The molecule has 2 aromatic rings. The Morgan fingerprint density at radius 3 is 2.57 bits per heavy atom. The average Bonchev–Trinajstić information content (AvgIpc) is 2.83. The minimum atomic E-state index is -1.39. The summed E-state index contributed by atoms with van der Waals surface area (Å²) in [7, 11) is 0. The zero-order valence-electron chi connectivity index (χ0n) is 12.4. The molecular formula is C17H15ClN2O3. The summed E-state index contributed by atoms with van der Waals surface area (Å²) in [5.74, 6) is -0.728. The van der Waals surface area contributed by atoms with Gasteiger partial charge in [0.25, 0.3) is 0 Å². The third-order valence-electron chi connectivity index (χ3n) is 3.70. The van der Waals surface area contributed by atoms with Gasteiger partial charge in [-0.1, -0.05) is 35.9 Å². The molecule has 3 rings (SSSR count). The maximum atomic E-state index is 11.7. The minimum Gasteiger partial charge on any atom is -0.425 e. The third-order valence-corrected chi connectivity index (χ3v) is 4.05. The van der Waals surface area contributed by atoms with Gasteiger partial charge in [-0.05, 0) is 30.7 Å². The van der Waals surface area contributed by atoms with Crippen LogP contribution in [-0.4, -0.2) is 22.3 Å². The maximum Gasteiger partial charge on any atom is 0.354 e. The van der Waals surface area contributed by atoms with Crippen LogP contribution in [0.1, 0.15) is 18.5 Å². The summed E-state index contributed by atoms with van der Waals surface area (Å²) >= 11 is 6.09. The van der Waals surface area contributed by atoms with E-state index in [-0.39, 0.29) is 16.8 Å². The van der Waals surface area contributed by atoms with E-state index in [2.05, 4.69) is 4.98 Å². The van der Waals surface area contributed by atoms with Gasteiger partial charge in [0.2, 0.25) is 6.29 Å². The quantitative estimate of drug-likeness (QED) is 0.873. The monoisotopic (exact) mass is 330 g/mol. The van der Waals surface area contributed by atoms with Gasteiger partial charge in [-0.3, -0.25) is 4.98 Å². The summed E-state index contributed by atoms with van der Waals surface area (Å²) in [6, 6.07) is 12.9. The summed E-state index contributed by atoms with van der Waals surface area (Å²) in [6.07, 6.45) is 2.03. The number of hydrogen-bond acceptors (Lipinski definition) is 5. The number of benzene rings is 1. The van der Waals surface area contributed by atoms with Crippen molar-refractivity contribution in [2.75, 3.05) is 4.90 Å². The zero-order chi connectivity index (χ0) is 16.4. The van der Waals surface area contributed by atoms with Gasteiger partial charge in [0.05, 0.1) is 6.04 Å². The third kappa shape index (κ3) is 2.93. The molecule has 0 saturated heterocycles. The van der Waals surface area contributed by atoms with Crippen molar-refractivity contribution in [3.63, 3.8) is 0 Å². The predicted octanol–water partition coefficient (Wildman–Crippen LogP) is 2.97. The number of cyclic esters (lactones) is 1. The number of anilines is 1. The number of esters is 1. The van der Waals surface area contributed by atoms with Gasteiger partial charge >= 0.3 is 5.97 Å². The maximum absolute atomic E-state index is 11.7. The number of nitrogens with zero attached hydrogens (tertiary/aromatic N) is 2. The lowest BCUT2D eigenvalue weighted by molar-refractivity contribution is -0.151. The van der Waals surface area contributed by atoms with E-state index in [9.17, 15) is 9.90 Å². The lowest BCUT2D eigenvalue weighted by Gasteiger charge is -2.33. The first-order valence-electron chi connectivity index (χ1n) is 7.12. The SMILES string of the molecule is CC(c1cccnc1)N(C1=C(Cl)C(=O)OC1O)c1ccccc1. The number of aliphatic hydroxyl groups is 1. The van der Waals surface area contributed by atoms with Crippen LogP contribution < -0.4 is 4.90 Å². The molecular weight excluding hydrogens is 316 g/mol. The van der Waals surface area contributed by atoms with E-state index >= 15 is 0 Å². The number of rotatable bonds is 4. The number of ether oxygens (including phenoxy) is 1. The highest BCUT2D eigenvalue weighted by Crippen LogP contribution is 2.37. The van der Waals surface area contributed by atoms with Crippen molar-refractivity contribution >= 4 is 23.3 Å². The molecule has 1 aliphatic rings. The molecule has 1 aliphatic heterocycles. The number of carbonyl (C=O) groups excluding carboxylic acids is 1. The fourth-order valence-electron chi connectivity index (χ4n) is 2.58. The van der Waals surface area contributed by atoms with Crippen LogP contribution in [0, 0.1) is 0 Å². The Kier molecular flexibility index (Phi) is 4.32. The molecule has 23 heavy (non-hydrogen) atoms. The number of pyridine rings is 1. The molecule has 0 aliphatic carbocycles. The predicted molar refractivity (Wildman–Crippen MR) is 86.6 cm³/mol. The topological polar surface area (TPSA) is 62.7 Å². The smallest absolute Gasteiger partial charge is 0.354 e. The lowest BCUT2D eigenvalue weighted by atomic mass is 10.1. The van der Waals surface area contributed by atoms with Gasteiger partial charge in [-0.15, -0.1) is 0 Å². The van der Waals surface area contributed by atoms with Gasteiger partial charge in [-0.2, -0.15) is 0 Å². The summed E-state index contributed by atoms with van der Waals surface area (Å²) in [5.41, 5.74) is 1.94. The van der Waals surface area contributed by atoms with E-state index < -0.39 is 12.3 Å².